The van der Waals surface area contributed by atoms with Crippen molar-refractivity contribution in [2.45, 2.75) is 56.4 Å². The molecule has 0 aliphatic carbocycles. The Morgan fingerprint density at radius 1 is 1.07 bits per heavy atom. The zero-order valence-corrected chi connectivity index (χ0v) is 23.8. The number of phenolic OH excluding ortho intramolecular Hbond substituents is 1. The van der Waals surface area contributed by atoms with Crippen molar-refractivity contribution in [2.24, 2.45) is 10.7 Å². The van der Waals surface area contributed by atoms with Crippen molar-refractivity contribution in [2.75, 3.05) is 6.73 Å². The summed E-state index contributed by atoms with van der Waals surface area (Å²) in [4.78, 5) is 4.23. The molecule has 41 heavy (non-hydrogen) atoms. The molecule has 0 aromatic heterocycles. The molecule has 3 atom stereocenters. The van der Waals surface area contributed by atoms with Gasteiger partial charge in [0.1, 0.15) is 11.5 Å². The summed E-state index contributed by atoms with van der Waals surface area (Å²) in [7, 11) is -4.35. The van der Waals surface area contributed by atoms with Gasteiger partial charge < -0.3 is 26.0 Å². The molecule has 3 aromatic carbocycles. The minimum Gasteiger partial charge on any atom is -0.508 e. The fourth-order valence-corrected chi connectivity index (χ4v) is 5.79. The van der Waals surface area contributed by atoms with E-state index in [1.807, 2.05) is 43.3 Å². The molecule has 10 heteroatoms. The van der Waals surface area contributed by atoms with E-state index in [0.717, 1.165) is 22.3 Å². The van der Waals surface area contributed by atoms with Gasteiger partial charge in [-0.2, -0.15) is 8.42 Å². The van der Waals surface area contributed by atoms with Crippen molar-refractivity contribution in [3.05, 3.63) is 107 Å². The summed E-state index contributed by atoms with van der Waals surface area (Å²) >= 11 is 0. The van der Waals surface area contributed by atoms with Crippen LogP contribution in [0.1, 0.15) is 66.0 Å². The average molecular weight is 580 g/mol. The first-order valence-electron chi connectivity index (χ1n) is 13.6. The summed E-state index contributed by atoms with van der Waals surface area (Å²) in [6, 6.07) is 20.1. The van der Waals surface area contributed by atoms with Gasteiger partial charge in [0, 0.05) is 13.0 Å². The molecule has 0 fully saturated rings. The van der Waals surface area contributed by atoms with Crippen molar-refractivity contribution in [1.29, 1.82) is 0 Å². The number of ether oxygens (including phenoxy) is 1. The highest BCUT2D eigenvalue weighted by Crippen LogP contribution is 2.33. The number of aromatic hydroxyl groups is 1. The highest BCUT2D eigenvalue weighted by atomic mass is 32.2. The summed E-state index contributed by atoms with van der Waals surface area (Å²) in [5.74, 6) is 0.904. The van der Waals surface area contributed by atoms with Crippen molar-refractivity contribution >= 4 is 16.1 Å². The van der Waals surface area contributed by atoms with Crippen LogP contribution in [-0.4, -0.2) is 41.1 Å². The Labute approximate surface area is 241 Å². The summed E-state index contributed by atoms with van der Waals surface area (Å²) in [5.41, 5.74) is 10.6. The third-order valence-corrected chi connectivity index (χ3v) is 8.51. The Kier molecular flexibility index (Phi) is 10.0. The molecule has 0 saturated heterocycles. The van der Waals surface area contributed by atoms with Gasteiger partial charge in [0.15, 0.2) is 12.7 Å². The molecule has 1 aliphatic rings. The Hall–Kier alpha value is -3.86. The second-order valence-corrected chi connectivity index (χ2v) is 11.9. The van der Waals surface area contributed by atoms with Crippen LogP contribution in [0.4, 0.5) is 0 Å². The summed E-state index contributed by atoms with van der Waals surface area (Å²) < 4.78 is 40.7. The van der Waals surface area contributed by atoms with Crippen molar-refractivity contribution in [3.8, 4) is 11.5 Å². The van der Waals surface area contributed by atoms with E-state index in [4.69, 9.17) is 10.5 Å². The SMILES string of the molecule is CC[C@H](C[C@H](C/C=C/[C@@H](O)c1ccc(O)cc1)S(=O)(=O)O)c1ccc2c(c1)Cc1cccc(c1)CNC(N)=NCO2. The Morgan fingerprint density at radius 2 is 1.80 bits per heavy atom. The normalized spacial score (nSPS) is 16.2. The minimum atomic E-state index is -4.35. The molecule has 1 aliphatic heterocycles. The molecule has 1 heterocycles. The number of nitrogens with two attached hydrogens (primary N) is 1. The molecule has 0 radical (unpaired) electrons. The third kappa shape index (κ3) is 8.56. The van der Waals surface area contributed by atoms with Crippen molar-refractivity contribution < 1.29 is 27.9 Å². The van der Waals surface area contributed by atoms with Gasteiger partial charge in [0.2, 0.25) is 0 Å². The molecule has 0 amide bonds. The van der Waals surface area contributed by atoms with Crippen molar-refractivity contribution in [1.82, 2.24) is 5.32 Å². The Bertz CT molecular complexity index is 1490. The van der Waals surface area contributed by atoms with E-state index in [9.17, 15) is 23.2 Å². The van der Waals surface area contributed by atoms with E-state index in [1.165, 1.54) is 18.2 Å². The number of benzene rings is 3. The zero-order valence-electron chi connectivity index (χ0n) is 23.0. The number of aliphatic hydroxyl groups is 1. The highest BCUT2D eigenvalue weighted by molar-refractivity contribution is 7.86. The zero-order chi connectivity index (χ0) is 29.4. The lowest BCUT2D eigenvalue weighted by Crippen LogP contribution is -2.31. The van der Waals surface area contributed by atoms with Gasteiger partial charge in [-0.3, -0.25) is 4.55 Å². The van der Waals surface area contributed by atoms with E-state index in [1.54, 1.807) is 18.2 Å². The van der Waals surface area contributed by atoms with Crippen LogP contribution in [0.15, 0.2) is 83.9 Å². The maximum atomic E-state index is 12.4. The lowest BCUT2D eigenvalue weighted by atomic mass is 9.88. The highest BCUT2D eigenvalue weighted by Gasteiger charge is 2.27. The van der Waals surface area contributed by atoms with Gasteiger partial charge in [-0.25, -0.2) is 4.99 Å². The average Bonchev–Trinajstić information content (AvgIpc) is 2.94. The lowest BCUT2D eigenvalue weighted by molar-refractivity contribution is 0.228. The monoisotopic (exact) mass is 579 g/mol. The Morgan fingerprint density at radius 3 is 2.54 bits per heavy atom. The molecular weight excluding hydrogens is 542 g/mol. The predicted molar refractivity (Wildman–Crippen MR) is 159 cm³/mol. The van der Waals surface area contributed by atoms with E-state index in [2.05, 4.69) is 16.4 Å². The second kappa shape index (κ2) is 13.7. The van der Waals surface area contributed by atoms with Crippen LogP contribution in [0, 0.1) is 0 Å². The summed E-state index contributed by atoms with van der Waals surface area (Å²) in [6.07, 6.45) is 3.62. The molecule has 218 valence electrons. The molecule has 3 aromatic rings. The number of guanidine groups is 1. The number of rotatable bonds is 9. The van der Waals surface area contributed by atoms with Gasteiger partial charge >= 0.3 is 0 Å². The molecular formula is C31H37N3O6S. The first kappa shape index (κ1) is 30.1. The number of nitrogens with one attached hydrogen (secondary N) is 1. The molecule has 2 bridgehead atoms. The standard InChI is InChI=1S/C31H37N3O6S/c1-2-23(18-28(41(37,38)39)7-4-8-29(36)24-9-12-27(35)13-10-24)25-11-14-30-26(17-25)16-21-5-3-6-22(15-21)19-33-31(32)34-20-40-30/h3-6,8-15,17,23,28-29,35-36H,2,7,16,18-20H2,1H3,(H3,32,33,34)(H,37,38,39)/b8-4+/t23-,28+,29-/m1/s1. The van der Waals surface area contributed by atoms with Crippen LogP contribution in [0.3, 0.4) is 0 Å². The van der Waals surface area contributed by atoms with Crippen LogP contribution in [-0.2, 0) is 23.1 Å². The number of hydrogen-bond acceptors (Lipinski definition) is 8. The summed E-state index contributed by atoms with van der Waals surface area (Å²) in [5, 5.41) is 21.9. The molecule has 4 rings (SSSR count). The molecule has 9 nitrogen and oxygen atoms in total. The first-order valence-corrected chi connectivity index (χ1v) is 15.1. The predicted octanol–water partition coefficient (Wildman–Crippen LogP) is 4.56. The first-order chi connectivity index (χ1) is 19.6. The van der Waals surface area contributed by atoms with Crippen LogP contribution >= 0.6 is 0 Å². The van der Waals surface area contributed by atoms with Gasteiger partial charge in [0.25, 0.3) is 10.1 Å². The van der Waals surface area contributed by atoms with E-state index in [0.29, 0.717) is 36.7 Å². The van der Waals surface area contributed by atoms with E-state index < -0.39 is 21.5 Å². The molecule has 6 N–H and O–H groups in total. The number of aliphatic imine (C=N–C) groups is 1. The van der Waals surface area contributed by atoms with E-state index in [-0.39, 0.29) is 31.2 Å². The number of aliphatic hydroxyl groups excluding tert-OH is 1. The molecule has 0 saturated carbocycles. The smallest absolute Gasteiger partial charge is 0.268 e. The number of phenols is 1. The van der Waals surface area contributed by atoms with Crippen LogP contribution in [0.2, 0.25) is 0 Å². The van der Waals surface area contributed by atoms with Crippen molar-refractivity contribution in [3.63, 3.8) is 0 Å². The minimum absolute atomic E-state index is 0.0405. The van der Waals surface area contributed by atoms with Gasteiger partial charge in [0.05, 0.1) is 11.4 Å². The largest absolute Gasteiger partial charge is 0.508 e. The quantitative estimate of drug-likeness (QED) is 0.183. The van der Waals surface area contributed by atoms with E-state index >= 15 is 0 Å². The van der Waals surface area contributed by atoms with Crippen LogP contribution in [0.5, 0.6) is 11.5 Å². The number of allylic oxidation sites excluding steroid dienone is 1. The lowest BCUT2D eigenvalue weighted by Gasteiger charge is -2.22. The molecule has 0 unspecified atom stereocenters. The number of hydrogen-bond donors (Lipinski definition) is 5. The van der Waals surface area contributed by atoms with Gasteiger partial charge in [-0.05, 0) is 71.2 Å². The molecule has 0 spiro atoms. The fraction of sp³-hybridized carbons (Fsp3) is 0.323. The number of nitrogens with zero attached hydrogens (tertiary/aromatic N) is 1. The Balaban J connectivity index is 1.55. The number of fused-ring (bicyclic) bond motifs is 3. The fourth-order valence-electron chi connectivity index (χ4n) is 4.96. The van der Waals surface area contributed by atoms with Gasteiger partial charge in [-0.1, -0.05) is 67.6 Å². The maximum absolute atomic E-state index is 12.4. The summed E-state index contributed by atoms with van der Waals surface area (Å²) in [6.45, 7) is 2.59. The van der Waals surface area contributed by atoms with Gasteiger partial charge in [-0.15, -0.1) is 0 Å². The second-order valence-electron chi connectivity index (χ2n) is 10.2. The van der Waals surface area contributed by atoms with Crippen LogP contribution in [0.25, 0.3) is 0 Å². The van der Waals surface area contributed by atoms with Crippen LogP contribution < -0.4 is 15.8 Å². The topological polar surface area (TPSA) is 154 Å². The third-order valence-electron chi connectivity index (χ3n) is 7.28. The maximum Gasteiger partial charge on any atom is 0.268 e.